The molecule has 0 saturated carbocycles. The van der Waals surface area contributed by atoms with Gasteiger partial charge in [-0.25, -0.2) is 4.68 Å². The second-order valence-corrected chi connectivity index (χ2v) is 5.12. The van der Waals surface area contributed by atoms with Crippen LogP contribution in [-0.2, 0) is 13.6 Å². The molecule has 1 aromatic carbocycles. The minimum Gasteiger partial charge on any atom is -0.439 e. The Morgan fingerprint density at radius 2 is 2.20 bits per heavy atom. The summed E-state index contributed by atoms with van der Waals surface area (Å²) < 4.78 is 7.83. The van der Waals surface area contributed by atoms with Gasteiger partial charge in [-0.3, -0.25) is 10.1 Å². The Hall–Kier alpha value is -1.93. The van der Waals surface area contributed by atoms with Gasteiger partial charge in [-0.05, 0) is 13.0 Å². The number of nitrogens with two attached hydrogens (primary N) is 1. The van der Waals surface area contributed by atoms with Crippen LogP contribution in [0.25, 0.3) is 0 Å². The zero-order valence-electron chi connectivity index (χ0n) is 11.0. The molecule has 0 amide bonds. The summed E-state index contributed by atoms with van der Waals surface area (Å²) in [5.74, 6) is 0.834. The maximum Gasteiger partial charge on any atom is 0.274 e. The number of benzene rings is 1. The summed E-state index contributed by atoms with van der Waals surface area (Å²) in [5.41, 5.74) is 7.17. The van der Waals surface area contributed by atoms with Crippen LogP contribution < -0.4 is 10.5 Å². The van der Waals surface area contributed by atoms with E-state index >= 15 is 0 Å². The maximum absolute atomic E-state index is 10.8. The highest BCUT2D eigenvalue weighted by Gasteiger charge is 2.16. The summed E-state index contributed by atoms with van der Waals surface area (Å²) in [7, 11) is 1.73. The Labute approximate surface area is 123 Å². The average molecular weight is 341 g/mol. The first-order valence-electron chi connectivity index (χ1n) is 5.77. The van der Waals surface area contributed by atoms with E-state index in [0.717, 1.165) is 11.3 Å². The fraction of sp³-hybridized carbons (Fsp3) is 0.250. The van der Waals surface area contributed by atoms with E-state index in [4.69, 9.17) is 10.5 Å². The third kappa shape index (κ3) is 2.81. The zero-order valence-corrected chi connectivity index (χ0v) is 12.5. The molecule has 0 aliphatic rings. The van der Waals surface area contributed by atoms with E-state index < -0.39 is 4.92 Å². The second-order valence-electron chi connectivity index (χ2n) is 4.20. The third-order valence-corrected chi connectivity index (χ3v) is 3.23. The van der Waals surface area contributed by atoms with Crippen LogP contribution in [0, 0.1) is 17.0 Å². The summed E-state index contributed by atoms with van der Waals surface area (Å²) >= 11 is 3.22. The monoisotopic (exact) mass is 340 g/mol. The summed E-state index contributed by atoms with van der Waals surface area (Å²) in [4.78, 5) is 10.4. The number of aromatic nitrogens is 2. The Morgan fingerprint density at radius 3 is 2.80 bits per heavy atom. The lowest BCUT2D eigenvalue weighted by molar-refractivity contribution is -0.385. The van der Waals surface area contributed by atoms with Crippen molar-refractivity contribution >= 4 is 21.6 Å². The van der Waals surface area contributed by atoms with Gasteiger partial charge in [0.2, 0.25) is 5.88 Å². The molecule has 2 N–H and O–H groups in total. The van der Waals surface area contributed by atoms with E-state index in [1.54, 1.807) is 17.8 Å². The minimum atomic E-state index is -0.476. The molecule has 0 radical (unpaired) electrons. The molecule has 0 spiro atoms. The van der Waals surface area contributed by atoms with E-state index in [1.807, 2.05) is 6.92 Å². The molecule has 0 saturated heterocycles. The molecular weight excluding hydrogens is 328 g/mol. The molecule has 0 bridgehead atoms. The SMILES string of the molecule is Cc1nn(C)c(Oc2cc(Br)cc([N+](=O)[O-])c2)c1CN. The molecule has 0 unspecified atom stereocenters. The Morgan fingerprint density at radius 1 is 1.50 bits per heavy atom. The van der Waals surface area contributed by atoms with Crippen molar-refractivity contribution in [3.05, 3.63) is 44.0 Å². The first-order chi connectivity index (χ1) is 9.42. The summed E-state index contributed by atoms with van der Waals surface area (Å²) in [6.45, 7) is 2.11. The number of rotatable bonds is 4. The fourth-order valence-corrected chi connectivity index (χ4v) is 2.33. The molecule has 1 aromatic heterocycles. The fourth-order valence-electron chi connectivity index (χ4n) is 1.87. The van der Waals surface area contributed by atoms with Crippen LogP contribution in [0.5, 0.6) is 11.6 Å². The zero-order chi connectivity index (χ0) is 14.9. The Kier molecular flexibility index (Phi) is 4.05. The van der Waals surface area contributed by atoms with E-state index in [2.05, 4.69) is 21.0 Å². The van der Waals surface area contributed by atoms with Gasteiger partial charge in [0.15, 0.2) is 0 Å². The second kappa shape index (κ2) is 5.59. The van der Waals surface area contributed by atoms with Crippen LogP contribution >= 0.6 is 15.9 Å². The Bertz CT molecular complexity index is 669. The molecule has 0 aliphatic carbocycles. The highest BCUT2D eigenvalue weighted by molar-refractivity contribution is 9.10. The number of hydrogen-bond acceptors (Lipinski definition) is 5. The average Bonchev–Trinajstić information content (AvgIpc) is 2.63. The summed E-state index contributed by atoms with van der Waals surface area (Å²) in [6, 6.07) is 4.41. The van der Waals surface area contributed by atoms with Gasteiger partial charge in [0.25, 0.3) is 5.69 Å². The van der Waals surface area contributed by atoms with E-state index in [1.165, 1.54) is 12.1 Å². The van der Waals surface area contributed by atoms with E-state index in [-0.39, 0.29) is 12.2 Å². The first-order valence-corrected chi connectivity index (χ1v) is 6.57. The van der Waals surface area contributed by atoms with Crippen LogP contribution in [-0.4, -0.2) is 14.7 Å². The van der Waals surface area contributed by atoms with Gasteiger partial charge in [-0.15, -0.1) is 0 Å². The first kappa shape index (κ1) is 14.5. The van der Waals surface area contributed by atoms with E-state index in [0.29, 0.717) is 16.1 Å². The van der Waals surface area contributed by atoms with Crippen molar-refractivity contribution in [3.8, 4) is 11.6 Å². The maximum atomic E-state index is 10.8. The molecule has 2 aromatic rings. The predicted octanol–water partition coefficient (Wildman–Crippen LogP) is 2.65. The van der Waals surface area contributed by atoms with Crippen LogP contribution in [0.4, 0.5) is 5.69 Å². The summed E-state index contributed by atoms with van der Waals surface area (Å²) in [6.07, 6.45) is 0. The number of nitro groups is 1. The number of non-ortho nitro benzene ring substituents is 1. The van der Waals surface area contributed by atoms with Crippen molar-refractivity contribution in [2.75, 3.05) is 0 Å². The van der Waals surface area contributed by atoms with Gasteiger partial charge >= 0.3 is 0 Å². The number of nitrogens with zero attached hydrogens (tertiary/aromatic N) is 3. The molecule has 2 rings (SSSR count). The molecule has 1 heterocycles. The number of hydrogen-bond donors (Lipinski definition) is 1. The highest BCUT2D eigenvalue weighted by atomic mass is 79.9. The van der Waals surface area contributed by atoms with Crippen molar-refractivity contribution in [1.82, 2.24) is 9.78 Å². The molecule has 0 fully saturated rings. The van der Waals surface area contributed by atoms with Crippen molar-refractivity contribution in [2.45, 2.75) is 13.5 Å². The number of aryl methyl sites for hydroxylation is 2. The van der Waals surface area contributed by atoms with Gasteiger partial charge in [-0.2, -0.15) is 5.10 Å². The normalized spacial score (nSPS) is 10.6. The van der Waals surface area contributed by atoms with Crippen molar-refractivity contribution < 1.29 is 9.66 Å². The van der Waals surface area contributed by atoms with Crippen LogP contribution in [0.1, 0.15) is 11.3 Å². The molecule has 106 valence electrons. The molecule has 20 heavy (non-hydrogen) atoms. The lowest BCUT2D eigenvalue weighted by Gasteiger charge is -2.08. The number of halogens is 1. The molecule has 8 heteroatoms. The van der Waals surface area contributed by atoms with Gasteiger partial charge in [0.05, 0.1) is 22.2 Å². The molecule has 0 atom stereocenters. The van der Waals surface area contributed by atoms with Crippen molar-refractivity contribution in [2.24, 2.45) is 12.8 Å². The molecular formula is C12H13BrN4O3. The van der Waals surface area contributed by atoms with Crippen molar-refractivity contribution in [1.29, 1.82) is 0 Å². The van der Waals surface area contributed by atoms with Gasteiger partial charge in [0.1, 0.15) is 5.75 Å². The standard InChI is InChI=1S/C12H13BrN4O3/c1-7-11(6-14)12(16(2)15-7)20-10-4-8(13)3-9(5-10)17(18)19/h3-5H,6,14H2,1-2H3. The van der Waals surface area contributed by atoms with Gasteiger partial charge in [-0.1, -0.05) is 15.9 Å². The largest absolute Gasteiger partial charge is 0.439 e. The number of nitro benzene ring substituents is 1. The van der Waals surface area contributed by atoms with Crippen LogP contribution in [0.2, 0.25) is 0 Å². The molecule has 0 aliphatic heterocycles. The lowest BCUT2D eigenvalue weighted by Crippen LogP contribution is -2.01. The smallest absolute Gasteiger partial charge is 0.274 e. The van der Waals surface area contributed by atoms with Crippen molar-refractivity contribution in [3.63, 3.8) is 0 Å². The molecule has 7 nitrogen and oxygen atoms in total. The Balaban J connectivity index is 2.42. The topological polar surface area (TPSA) is 96.2 Å². The van der Waals surface area contributed by atoms with Gasteiger partial charge in [0, 0.05) is 24.1 Å². The number of ether oxygens (including phenoxy) is 1. The van der Waals surface area contributed by atoms with Crippen LogP contribution in [0.3, 0.4) is 0 Å². The third-order valence-electron chi connectivity index (χ3n) is 2.77. The predicted molar refractivity (Wildman–Crippen MR) is 76.7 cm³/mol. The lowest BCUT2D eigenvalue weighted by atomic mass is 10.2. The van der Waals surface area contributed by atoms with Gasteiger partial charge < -0.3 is 10.5 Å². The van der Waals surface area contributed by atoms with E-state index in [9.17, 15) is 10.1 Å². The van der Waals surface area contributed by atoms with Crippen LogP contribution in [0.15, 0.2) is 22.7 Å². The highest BCUT2D eigenvalue weighted by Crippen LogP contribution is 2.31. The summed E-state index contributed by atoms with van der Waals surface area (Å²) in [5, 5.41) is 15.1. The quantitative estimate of drug-likeness (QED) is 0.681. The minimum absolute atomic E-state index is 0.0532.